The Hall–Kier alpha value is -3.29. The maximum absolute atomic E-state index is 12.2. The lowest BCUT2D eigenvalue weighted by Gasteiger charge is -2.21. The Labute approximate surface area is 143 Å². The van der Waals surface area contributed by atoms with Gasteiger partial charge >= 0.3 is 0 Å². The second kappa shape index (κ2) is 7.08. The van der Waals surface area contributed by atoms with Gasteiger partial charge in [-0.05, 0) is 25.1 Å². The second-order valence-electron chi connectivity index (χ2n) is 5.44. The SMILES string of the molecule is Cc1occc1C(=O)NNC(=O)CN1C(=O)CCOc2ccccc21. The molecule has 0 saturated carbocycles. The number of hydrogen-bond donors (Lipinski definition) is 2. The van der Waals surface area contributed by atoms with Crippen LogP contribution in [0.25, 0.3) is 0 Å². The number of hydrogen-bond acceptors (Lipinski definition) is 5. The monoisotopic (exact) mass is 343 g/mol. The number of nitrogens with one attached hydrogen (secondary N) is 2. The lowest BCUT2D eigenvalue weighted by atomic mass is 10.2. The zero-order valence-corrected chi connectivity index (χ0v) is 13.6. The van der Waals surface area contributed by atoms with E-state index in [0.717, 1.165) is 0 Å². The van der Waals surface area contributed by atoms with Crippen LogP contribution in [0.1, 0.15) is 22.5 Å². The lowest BCUT2D eigenvalue weighted by molar-refractivity contribution is -0.124. The smallest absolute Gasteiger partial charge is 0.273 e. The molecule has 130 valence electrons. The van der Waals surface area contributed by atoms with Crippen LogP contribution in [0.4, 0.5) is 5.69 Å². The third kappa shape index (κ3) is 3.63. The highest BCUT2D eigenvalue weighted by atomic mass is 16.5. The first kappa shape index (κ1) is 16.6. The highest BCUT2D eigenvalue weighted by Crippen LogP contribution is 2.30. The number of ether oxygens (including phenoxy) is 1. The van der Waals surface area contributed by atoms with Crippen molar-refractivity contribution in [3.05, 3.63) is 47.9 Å². The van der Waals surface area contributed by atoms with Crippen LogP contribution in [0.2, 0.25) is 0 Å². The van der Waals surface area contributed by atoms with E-state index in [1.54, 1.807) is 31.2 Å². The number of furan rings is 1. The van der Waals surface area contributed by atoms with E-state index in [4.69, 9.17) is 9.15 Å². The number of carbonyl (C=O) groups is 3. The van der Waals surface area contributed by atoms with E-state index in [2.05, 4.69) is 10.9 Å². The summed E-state index contributed by atoms with van der Waals surface area (Å²) < 4.78 is 10.6. The quantitative estimate of drug-likeness (QED) is 0.815. The summed E-state index contributed by atoms with van der Waals surface area (Å²) in [6, 6.07) is 8.50. The standard InChI is InChI=1S/C17H17N3O5/c1-11-12(6-8-24-11)17(23)19-18-15(21)10-20-13-4-2-3-5-14(13)25-9-7-16(20)22/h2-6,8H,7,9-10H2,1H3,(H,18,21)(H,19,23). The fraction of sp³-hybridized carbons (Fsp3) is 0.235. The fourth-order valence-corrected chi connectivity index (χ4v) is 2.49. The summed E-state index contributed by atoms with van der Waals surface area (Å²) in [6.45, 7) is 1.66. The zero-order chi connectivity index (χ0) is 17.8. The largest absolute Gasteiger partial charge is 0.491 e. The number of para-hydroxylation sites is 2. The molecule has 1 aromatic carbocycles. The molecule has 25 heavy (non-hydrogen) atoms. The van der Waals surface area contributed by atoms with Gasteiger partial charge in [0.25, 0.3) is 11.8 Å². The first-order valence-corrected chi connectivity index (χ1v) is 7.71. The first-order valence-electron chi connectivity index (χ1n) is 7.71. The number of fused-ring (bicyclic) bond motifs is 1. The molecule has 3 rings (SSSR count). The van der Waals surface area contributed by atoms with E-state index in [0.29, 0.717) is 22.8 Å². The van der Waals surface area contributed by atoms with Crippen molar-refractivity contribution >= 4 is 23.4 Å². The highest BCUT2D eigenvalue weighted by molar-refractivity contribution is 6.01. The van der Waals surface area contributed by atoms with E-state index in [-0.39, 0.29) is 25.5 Å². The normalized spacial score (nSPS) is 13.5. The van der Waals surface area contributed by atoms with Gasteiger partial charge < -0.3 is 9.15 Å². The summed E-state index contributed by atoms with van der Waals surface area (Å²) in [5.74, 6) is -0.262. The van der Waals surface area contributed by atoms with Gasteiger partial charge in [0.05, 0.1) is 30.5 Å². The minimum atomic E-state index is -0.528. The van der Waals surface area contributed by atoms with Crippen LogP contribution in [0.15, 0.2) is 41.0 Å². The van der Waals surface area contributed by atoms with Crippen LogP contribution < -0.4 is 20.5 Å². The van der Waals surface area contributed by atoms with E-state index in [1.165, 1.54) is 17.2 Å². The Morgan fingerprint density at radius 3 is 2.76 bits per heavy atom. The van der Waals surface area contributed by atoms with Crippen molar-refractivity contribution in [2.45, 2.75) is 13.3 Å². The van der Waals surface area contributed by atoms with Crippen LogP contribution in [-0.2, 0) is 9.59 Å². The van der Waals surface area contributed by atoms with Crippen molar-refractivity contribution in [2.24, 2.45) is 0 Å². The molecule has 8 heteroatoms. The van der Waals surface area contributed by atoms with Gasteiger partial charge in [-0.2, -0.15) is 0 Å². The summed E-state index contributed by atoms with van der Waals surface area (Å²) in [7, 11) is 0. The second-order valence-corrected chi connectivity index (χ2v) is 5.44. The van der Waals surface area contributed by atoms with Gasteiger partial charge in [-0.3, -0.25) is 30.1 Å². The van der Waals surface area contributed by atoms with Gasteiger partial charge in [-0.25, -0.2) is 0 Å². The predicted molar refractivity (Wildman–Crippen MR) is 88.0 cm³/mol. The van der Waals surface area contributed by atoms with Crippen LogP contribution in [0.5, 0.6) is 5.75 Å². The number of anilines is 1. The van der Waals surface area contributed by atoms with Crippen molar-refractivity contribution in [1.29, 1.82) is 0 Å². The molecule has 1 aliphatic heterocycles. The summed E-state index contributed by atoms with van der Waals surface area (Å²) in [4.78, 5) is 37.7. The van der Waals surface area contributed by atoms with Crippen LogP contribution in [0.3, 0.4) is 0 Å². The number of aryl methyl sites for hydroxylation is 1. The van der Waals surface area contributed by atoms with Gasteiger partial charge in [-0.15, -0.1) is 0 Å². The van der Waals surface area contributed by atoms with E-state index in [1.807, 2.05) is 0 Å². The molecule has 1 aliphatic rings. The number of hydrazine groups is 1. The molecule has 0 atom stereocenters. The highest BCUT2D eigenvalue weighted by Gasteiger charge is 2.25. The summed E-state index contributed by atoms with van der Waals surface area (Å²) in [6.07, 6.45) is 1.56. The molecule has 2 N–H and O–H groups in total. The minimum absolute atomic E-state index is 0.169. The molecule has 0 aliphatic carbocycles. The third-order valence-electron chi connectivity index (χ3n) is 3.75. The average Bonchev–Trinajstić information content (AvgIpc) is 2.97. The van der Waals surface area contributed by atoms with E-state index in [9.17, 15) is 14.4 Å². The topological polar surface area (TPSA) is 101 Å². The van der Waals surface area contributed by atoms with Gasteiger partial charge in [0.1, 0.15) is 18.1 Å². The molecule has 3 amide bonds. The minimum Gasteiger partial charge on any atom is -0.491 e. The molecular formula is C17H17N3O5. The van der Waals surface area contributed by atoms with Gasteiger partial charge in [0.2, 0.25) is 5.91 Å². The predicted octanol–water partition coefficient (Wildman–Crippen LogP) is 1.16. The third-order valence-corrected chi connectivity index (χ3v) is 3.75. The van der Waals surface area contributed by atoms with Crippen LogP contribution in [-0.4, -0.2) is 30.9 Å². The van der Waals surface area contributed by atoms with Crippen molar-refractivity contribution in [2.75, 3.05) is 18.1 Å². The van der Waals surface area contributed by atoms with Gasteiger partial charge in [0, 0.05) is 0 Å². The van der Waals surface area contributed by atoms with Crippen molar-refractivity contribution in [3.63, 3.8) is 0 Å². The van der Waals surface area contributed by atoms with Crippen LogP contribution >= 0.6 is 0 Å². The molecule has 8 nitrogen and oxygen atoms in total. The summed E-state index contributed by atoms with van der Waals surface area (Å²) in [5, 5.41) is 0. The first-order chi connectivity index (χ1) is 12.1. The molecule has 1 aromatic heterocycles. The Bertz CT molecular complexity index is 814. The molecule has 2 aromatic rings. The zero-order valence-electron chi connectivity index (χ0n) is 13.6. The van der Waals surface area contributed by atoms with Crippen LogP contribution in [0, 0.1) is 6.92 Å². The Balaban J connectivity index is 1.65. The Kier molecular flexibility index (Phi) is 4.69. The average molecular weight is 343 g/mol. The molecule has 2 heterocycles. The molecule has 0 radical (unpaired) electrons. The maximum atomic E-state index is 12.2. The van der Waals surface area contributed by atoms with Gasteiger partial charge in [-0.1, -0.05) is 12.1 Å². The molecule has 0 bridgehead atoms. The van der Waals surface area contributed by atoms with E-state index < -0.39 is 11.8 Å². The summed E-state index contributed by atoms with van der Waals surface area (Å²) in [5.41, 5.74) is 5.45. The Morgan fingerprint density at radius 1 is 1.20 bits per heavy atom. The maximum Gasteiger partial charge on any atom is 0.273 e. The van der Waals surface area contributed by atoms with Crippen molar-refractivity contribution in [3.8, 4) is 5.75 Å². The van der Waals surface area contributed by atoms with Crippen molar-refractivity contribution in [1.82, 2.24) is 10.9 Å². The molecule has 0 saturated heterocycles. The van der Waals surface area contributed by atoms with Gasteiger partial charge in [0.15, 0.2) is 0 Å². The number of rotatable bonds is 3. The number of carbonyl (C=O) groups excluding carboxylic acids is 3. The lowest BCUT2D eigenvalue weighted by Crippen LogP contribution is -2.47. The fourth-order valence-electron chi connectivity index (χ4n) is 2.49. The molecule has 0 fully saturated rings. The molecule has 0 spiro atoms. The Morgan fingerprint density at radius 2 is 2.00 bits per heavy atom. The number of amides is 3. The molecule has 0 unspecified atom stereocenters. The number of benzene rings is 1. The van der Waals surface area contributed by atoms with E-state index >= 15 is 0 Å². The summed E-state index contributed by atoms with van der Waals surface area (Å²) >= 11 is 0. The number of nitrogens with zero attached hydrogens (tertiary/aromatic N) is 1. The molecular weight excluding hydrogens is 326 g/mol. The van der Waals surface area contributed by atoms with Crippen molar-refractivity contribution < 1.29 is 23.5 Å².